The number of hydrogen-bond donors (Lipinski definition) is 1. The van der Waals surface area contributed by atoms with Crippen LogP contribution in [0.1, 0.15) is 11.1 Å². The predicted molar refractivity (Wildman–Crippen MR) is 78.7 cm³/mol. The average Bonchev–Trinajstić information content (AvgIpc) is 2.50. The molecule has 0 saturated carbocycles. The molecule has 0 unspecified atom stereocenters. The molecule has 0 aliphatic heterocycles. The minimum absolute atomic E-state index is 0.484. The van der Waals surface area contributed by atoms with Crippen LogP contribution in [0, 0.1) is 6.92 Å². The first-order valence-corrected chi connectivity index (χ1v) is 6.46. The Morgan fingerprint density at radius 1 is 1.15 bits per heavy atom. The summed E-state index contributed by atoms with van der Waals surface area (Å²) in [4.78, 5) is 0. The van der Waals surface area contributed by atoms with E-state index in [0.29, 0.717) is 12.4 Å². The van der Waals surface area contributed by atoms with Gasteiger partial charge in [0.25, 0.3) is 0 Å². The molecule has 0 atom stereocenters. The largest absolute Gasteiger partial charge is 0.437 e. The lowest BCUT2D eigenvalue weighted by Crippen LogP contribution is -1.98. The Hall–Kier alpha value is -2.46. The summed E-state index contributed by atoms with van der Waals surface area (Å²) in [6, 6.07) is 13.8. The van der Waals surface area contributed by atoms with Crippen LogP contribution < -0.4 is 10.5 Å². The first kappa shape index (κ1) is 12.6. The number of nitrogens with zero attached hydrogens (tertiary/aromatic N) is 2. The Bertz CT molecular complexity index is 750. The van der Waals surface area contributed by atoms with E-state index in [1.165, 1.54) is 0 Å². The highest BCUT2D eigenvalue weighted by molar-refractivity contribution is 5.86. The van der Waals surface area contributed by atoms with Crippen LogP contribution in [-0.2, 0) is 6.54 Å². The average molecular weight is 265 g/mol. The summed E-state index contributed by atoms with van der Waals surface area (Å²) in [7, 11) is 0. The van der Waals surface area contributed by atoms with Gasteiger partial charge in [-0.15, -0.1) is 5.10 Å². The topological polar surface area (TPSA) is 61.0 Å². The van der Waals surface area contributed by atoms with Gasteiger partial charge in [0, 0.05) is 17.3 Å². The number of rotatable bonds is 3. The van der Waals surface area contributed by atoms with Crippen molar-refractivity contribution in [1.29, 1.82) is 0 Å². The van der Waals surface area contributed by atoms with E-state index in [-0.39, 0.29) is 0 Å². The third kappa shape index (κ3) is 2.33. The lowest BCUT2D eigenvalue weighted by atomic mass is 10.1. The maximum Gasteiger partial charge on any atom is 0.246 e. The van der Waals surface area contributed by atoms with Gasteiger partial charge >= 0.3 is 0 Å². The van der Waals surface area contributed by atoms with Crippen molar-refractivity contribution in [1.82, 2.24) is 10.2 Å². The second-order valence-corrected chi connectivity index (χ2v) is 4.64. The molecule has 2 N–H and O–H groups in total. The van der Waals surface area contributed by atoms with Crippen LogP contribution in [0.2, 0.25) is 0 Å². The number of aryl methyl sites for hydroxylation is 1. The molecule has 0 bridgehead atoms. The molecule has 0 aliphatic rings. The molecular weight excluding hydrogens is 250 g/mol. The van der Waals surface area contributed by atoms with Crippen LogP contribution in [-0.4, -0.2) is 10.2 Å². The number of aromatic nitrogens is 2. The number of hydrogen-bond acceptors (Lipinski definition) is 4. The van der Waals surface area contributed by atoms with E-state index >= 15 is 0 Å². The Labute approximate surface area is 117 Å². The lowest BCUT2D eigenvalue weighted by Gasteiger charge is -2.10. The highest BCUT2D eigenvalue weighted by Crippen LogP contribution is 2.29. The Morgan fingerprint density at radius 2 is 2.00 bits per heavy atom. The number of nitrogens with two attached hydrogens (primary N) is 1. The maximum atomic E-state index is 5.94. The molecule has 0 spiro atoms. The van der Waals surface area contributed by atoms with E-state index in [0.717, 1.165) is 27.6 Å². The fourth-order valence-electron chi connectivity index (χ4n) is 2.06. The predicted octanol–water partition coefficient (Wildman–Crippen LogP) is 3.19. The molecule has 0 saturated heterocycles. The fourth-order valence-corrected chi connectivity index (χ4v) is 2.06. The van der Waals surface area contributed by atoms with Crippen LogP contribution >= 0.6 is 0 Å². The number of fused-ring (bicyclic) bond motifs is 1. The van der Waals surface area contributed by atoms with Gasteiger partial charge in [-0.2, -0.15) is 5.10 Å². The zero-order valence-corrected chi connectivity index (χ0v) is 11.2. The summed E-state index contributed by atoms with van der Waals surface area (Å²) in [6.07, 6.45) is 1.73. The van der Waals surface area contributed by atoms with E-state index in [2.05, 4.69) is 10.2 Å². The summed E-state index contributed by atoms with van der Waals surface area (Å²) in [5.74, 6) is 1.28. The first-order valence-electron chi connectivity index (χ1n) is 6.46. The lowest BCUT2D eigenvalue weighted by molar-refractivity contribution is 0.458. The Kier molecular flexibility index (Phi) is 3.31. The summed E-state index contributed by atoms with van der Waals surface area (Å²) < 4.78 is 5.94. The van der Waals surface area contributed by atoms with Crippen molar-refractivity contribution in [2.75, 3.05) is 0 Å². The standard InChI is InChI=1S/C16H15N3O/c1-11-6-7-12(9-17)8-15(11)20-16-14-5-3-2-4-13(14)10-18-19-16/h2-8,10H,9,17H2,1H3. The van der Waals surface area contributed by atoms with Crippen LogP contribution in [0.3, 0.4) is 0 Å². The Morgan fingerprint density at radius 3 is 2.85 bits per heavy atom. The molecule has 1 heterocycles. The van der Waals surface area contributed by atoms with Crippen molar-refractivity contribution in [2.24, 2.45) is 5.73 Å². The van der Waals surface area contributed by atoms with Crippen LogP contribution in [0.5, 0.6) is 11.6 Å². The van der Waals surface area contributed by atoms with E-state index < -0.39 is 0 Å². The van der Waals surface area contributed by atoms with Gasteiger partial charge in [0.05, 0.1) is 6.20 Å². The van der Waals surface area contributed by atoms with Crippen LogP contribution in [0.15, 0.2) is 48.7 Å². The molecular formula is C16H15N3O. The second kappa shape index (κ2) is 5.27. The van der Waals surface area contributed by atoms with Crippen molar-refractivity contribution in [3.63, 3.8) is 0 Å². The zero-order chi connectivity index (χ0) is 13.9. The quantitative estimate of drug-likeness (QED) is 0.790. The van der Waals surface area contributed by atoms with E-state index in [9.17, 15) is 0 Å². The van der Waals surface area contributed by atoms with Crippen molar-refractivity contribution in [2.45, 2.75) is 13.5 Å². The fraction of sp³-hybridized carbons (Fsp3) is 0.125. The van der Waals surface area contributed by atoms with Gasteiger partial charge in [-0.05, 0) is 30.2 Å². The van der Waals surface area contributed by atoms with Gasteiger partial charge in [0.2, 0.25) is 5.88 Å². The summed E-state index contributed by atoms with van der Waals surface area (Å²) >= 11 is 0. The van der Waals surface area contributed by atoms with Gasteiger partial charge in [-0.3, -0.25) is 0 Å². The van der Waals surface area contributed by atoms with Crippen molar-refractivity contribution >= 4 is 10.8 Å². The summed E-state index contributed by atoms with van der Waals surface area (Å²) in [6.45, 7) is 2.48. The molecule has 0 aliphatic carbocycles. The molecule has 3 aromatic rings. The van der Waals surface area contributed by atoms with E-state index in [1.807, 2.05) is 49.4 Å². The van der Waals surface area contributed by atoms with Gasteiger partial charge < -0.3 is 10.5 Å². The molecule has 2 aromatic carbocycles. The van der Waals surface area contributed by atoms with Crippen LogP contribution in [0.4, 0.5) is 0 Å². The van der Waals surface area contributed by atoms with Gasteiger partial charge in [0.1, 0.15) is 5.75 Å². The molecule has 4 heteroatoms. The maximum absolute atomic E-state index is 5.94. The molecule has 3 rings (SSSR count). The SMILES string of the molecule is Cc1ccc(CN)cc1Oc1nncc2ccccc12. The van der Waals surface area contributed by atoms with E-state index in [4.69, 9.17) is 10.5 Å². The number of benzene rings is 2. The third-order valence-corrected chi connectivity index (χ3v) is 3.23. The molecule has 0 radical (unpaired) electrons. The summed E-state index contributed by atoms with van der Waals surface area (Å²) in [5.41, 5.74) is 7.73. The van der Waals surface area contributed by atoms with Gasteiger partial charge in [-0.25, -0.2) is 0 Å². The molecule has 20 heavy (non-hydrogen) atoms. The molecule has 0 amide bonds. The zero-order valence-electron chi connectivity index (χ0n) is 11.2. The molecule has 100 valence electrons. The van der Waals surface area contributed by atoms with Crippen molar-refractivity contribution < 1.29 is 4.74 Å². The molecule has 0 fully saturated rings. The third-order valence-electron chi connectivity index (χ3n) is 3.23. The minimum Gasteiger partial charge on any atom is -0.437 e. The summed E-state index contributed by atoms with van der Waals surface area (Å²) in [5, 5.41) is 10.0. The monoisotopic (exact) mass is 265 g/mol. The van der Waals surface area contributed by atoms with Crippen LogP contribution in [0.25, 0.3) is 10.8 Å². The molecule has 1 aromatic heterocycles. The van der Waals surface area contributed by atoms with E-state index in [1.54, 1.807) is 6.20 Å². The van der Waals surface area contributed by atoms with Gasteiger partial charge in [0.15, 0.2) is 0 Å². The smallest absolute Gasteiger partial charge is 0.246 e. The highest BCUT2D eigenvalue weighted by atomic mass is 16.5. The normalized spacial score (nSPS) is 10.7. The molecule has 4 nitrogen and oxygen atoms in total. The van der Waals surface area contributed by atoms with Crippen molar-refractivity contribution in [3.8, 4) is 11.6 Å². The first-order chi connectivity index (χ1) is 9.78. The highest BCUT2D eigenvalue weighted by Gasteiger charge is 2.08. The minimum atomic E-state index is 0.484. The van der Waals surface area contributed by atoms with Crippen molar-refractivity contribution in [3.05, 3.63) is 59.8 Å². The Balaban J connectivity index is 2.05. The van der Waals surface area contributed by atoms with Gasteiger partial charge in [-0.1, -0.05) is 30.3 Å². The number of ether oxygens (including phenoxy) is 1. The second-order valence-electron chi connectivity index (χ2n) is 4.64.